The van der Waals surface area contributed by atoms with E-state index in [0.717, 1.165) is 51.4 Å². The van der Waals surface area contributed by atoms with Gasteiger partial charge in [0, 0.05) is 6.42 Å². The number of nitrogens with one attached hydrogen (secondary N) is 1. The number of aliphatic hydroxyl groups is 1. The second kappa shape index (κ2) is 50.4. The summed E-state index contributed by atoms with van der Waals surface area (Å²) in [7, 11) is 1.55. The molecule has 0 fully saturated rings. The first kappa shape index (κ1) is 66.5. The molecule has 0 bridgehead atoms. The second-order valence-corrected chi connectivity index (χ2v) is 22.4. The Morgan fingerprint density at radius 2 is 0.809 bits per heavy atom. The van der Waals surface area contributed by atoms with Crippen molar-refractivity contribution in [3.63, 3.8) is 0 Å². The Morgan fingerprint density at radius 1 is 0.485 bits per heavy atom. The van der Waals surface area contributed by atoms with Crippen LogP contribution in [0.5, 0.6) is 0 Å². The molecule has 0 aromatic carbocycles. The van der Waals surface area contributed by atoms with Gasteiger partial charge in [-0.25, -0.2) is 4.57 Å². The molecular weight excluding hydrogens is 864 g/mol. The van der Waals surface area contributed by atoms with Crippen LogP contribution in [-0.4, -0.2) is 73.4 Å². The van der Waals surface area contributed by atoms with E-state index in [4.69, 9.17) is 9.05 Å². The molecule has 3 atom stereocenters. The fourth-order valence-corrected chi connectivity index (χ4v) is 9.16. The van der Waals surface area contributed by atoms with E-state index in [1.807, 2.05) is 27.2 Å². The third-order valence-corrected chi connectivity index (χ3v) is 14.0. The number of rotatable bonds is 53. The van der Waals surface area contributed by atoms with Crippen molar-refractivity contribution in [2.24, 2.45) is 0 Å². The van der Waals surface area contributed by atoms with Gasteiger partial charge in [0.2, 0.25) is 5.91 Å². The van der Waals surface area contributed by atoms with Gasteiger partial charge in [-0.3, -0.25) is 13.8 Å². The number of unbranched alkanes of at least 4 members (excludes halogenated alkanes) is 34. The number of likely N-dealkylation sites (N-methyl/N-ethyl adjacent to an activating group) is 1. The van der Waals surface area contributed by atoms with Gasteiger partial charge in [-0.15, -0.1) is 0 Å². The van der Waals surface area contributed by atoms with Crippen molar-refractivity contribution in [3.8, 4) is 0 Å². The number of phosphoric acid groups is 1. The van der Waals surface area contributed by atoms with Gasteiger partial charge >= 0.3 is 7.82 Å². The van der Waals surface area contributed by atoms with Gasteiger partial charge in [0.25, 0.3) is 0 Å². The number of phosphoric ester groups is 1. The van der Waals surface area contributed by atoms with Crippen molar-refractivity contribution in [1.82, 2.24) is 5.32 Å². The van der Waals surface area contributed by atoms with E-state index in [1.54, 1.807) is 6.08 Å². The summed E-state index contributed by atoms with van der Waals surface area (Å²) in [6.07, 6.45) is 66.7. The summed E-state index contributed by atoms with van der Waals surface area (Å²) in [6, 6.07) is -0.868. The molecule has 0 aromatic heterocycles. The standard InChI is InChI=1S/C59H113N2O6P/c1-6-8-10-12-14-16-18-20-21-22-23-24-25-26-27-28-29-30-31-32-33-34-35-36-37-38-39-41-43-45-47-49-51-53-59(63)60-57(56-67-68(64,65)66-55-54-61(3,4)5)58(62)52-50-48-46-44-42-40-19-17-15-13-11-9-7-2/h15,17,22-23,42,44,50,52,57-58,62H,6-14,16,18-21,24-41,43,45-49,51,53-56H2,1-5H3,(H-,60,63,64,65)/p+1/b17-15+,23-22-,44-42+,52-50+. The molecule has 0 aliphatic carbocycles. The van der Waals surface area contributed by atoms with E-state index in [1.165, 1.54) is 199 Å². The van der Waals surface area contributed by atoms with Crippen LogP contribution in [0.2, 0.25) is 0 Å². The van der Waals surface area contributed by atoms with Gasteiger partial charge in [0.15, 0.2) is 0 Å². The van der Waals surface area contributed by atoms with Crippen molar-refractivity contribution >= 4 is 13.7 Å². The average Bonchev–Trinajstić information content (AvgIpc) is 3.30. The third-order valence-electron chi connectivity index (χ3n) is 13.0. The summed E-state index contributed by atoms with van der Waals surface area (Å²) in [5.74, 6) is -0.189. The Balaban J connectivity index is 4.01. The SMILES string of the molecule is CCCCC/C=C/CC/C=C/CC/C=C/C(O)C(COP(=O)(O)OCC[N+](C)(C)C)NC(=O)CCCCCCCCCCCCCCCCCCCCCCC/C=C\CCCCCCCCCC. The molecule has 0 aromatic rings. The first-order valence-corrected chi connectivity index (χ1v) is 30.5. The van der Waals surface area contributed by atoms with E-state index < -0.39 is 20.0 Å². The normalized spacial score (nSPS) is 14.3. The molecule has 0 radical (unpaired) electrons. The number of aliphatic hydroxyl groups excluding tert-OH is 1. The van der Waals surface area contributed by atoms with Crippen molar-refractivity contribution in [2.75, 3.05) is 40.9 Å². The second-order valence-electron chi connectivity index (χ2n) is 21.0. The van der Waals surface area contributed by atoms with Crippen molar-refractivity contribution in [1.29, 1.82) is 0 Å². The Morgan fingerprint density at radius 3 is 1.21 bits per heavy atom. The summed E-state index contributed by atoms with van der Waals surface area (Å²) in [6.45, 7) is 4.77. The molecule has 3 N–H and O–H groups in total. The lowest BCUT2D eigenvalue weighted by atomic mass is 10.0. The number of nitrogens with zero attached hydrogens (tertiary/aromatic N) is 1. The fourth-order valence-electron chi connectivity index (χ4n) is 8.42. The van der Waals surface area contributed by atoms with Crippen LogP contribution < -0.4 is 5.32 Å². The number of hydrogen-bond donors (Lipinski definition) is 3. The molecule has 0 rings (SSSR count). The minimum Gasteiger partial charge on any atom is -0.387 e. The molecule has 9 heteroatoms. The largest absolute Gasteiger partial charge is 0.472 e. The molecule has 0 spiro atoms. The number of carbonyl (C=O) groups is 1. The highest BCUT2D eigenvalue weighted by Gasteiger charge is 2.27. The lowest BCUT2D eigenvalue weighted by Gasteiger charge is -2.25. The quantitative estimate of drug-likeness (QED) is 0.0243. The van der Waals surface area contributed by atoms with E-state index in [9.17, 15) is 19.4 Å². The smallest absolute Gasteiger partial charge is 0.387 e. The monoisotopic (exact) mass is 978 g/mol. The highest BCUT2D eigenvalue weighted by Crippen LogP contribution is 2.43. The third kappa shape index (κ3) is 52.3. The molecule has 68 heavy (non-hydrogen) atoms. The molecule has 1 amide bonds. The van der Waals surface area contributed by atoms with Crippen LogP contribution in [0, 0.1) is 0 Å². The Labute approximate surface area is 422 Å². The van der Waals surface area contributed by atoms with Crippen LogP contribution >= 0.6 is 7.82 Å². The van der Waals surface area contributed by atoms with Gasteiger partial charge in [-0.05, 0) is 70.6 Å². The van der Waals surface area contributed by atoms with Gasteiger partial charge < -0.3 is 19.8 Å². The number of quaternary nitrogens is 1. The van der Waals surface area contributed by atoms with E-state index in [2.05, 4.69) is 55.6 Å². The molecule has 400 valence electrons. The Hall–Kier alpha value is -1.54. The van der Waals surface area contributed by atoms with E-state index >= 15 is 0 Å². The number of carbonyl (C=O) groups excluding carboxylic acids is 1. The van der Waals surface area contributed by atoms with Crippen LogP contribution in [0.3, 0.4) is 0 Å². The summed E-state index contributed by atoms with van der Waals surface area (Å²) < 4.78 is 23.6. The van der Waals surface area contributed by atoms with Crippen LogP contribution in [0.15, 0.2) is 48.6 Å². The van der Waals surface area contributed by atoms with Crippen LogP contribution in [0.25, 0.3) is 0 Å². The van der Waals surface area contributed by atoms with Crippen molar-refractivity contribution in [3.05, 3.63) is 48.6 Å². The molecule has 0 saturated carbocycles. The molecule has 0 saturated heterocycles. The van der Waals surface area contributed by atoms with Crippen LogP contribution in [0.1, 0.15) is 271 Å². The minimum absolute atomic E-state index is 0.0539. The first-order chi connectivity index (χ1) is 33.0. The number of amides is 1. The average molecular weight is 979 g/mol. The lowest BCUT2D eigenvalue weighted by Crippen LogP contribution is -2.45. The highest BCUT2D eigenvalue weighted by atomic mass is 31.2. The molecular formula is C59H114N2O6P+. The topological polar surface area (TPSA) is 105 Å². The number of allylic oxidation sites excluding steroid dienone is 7. The van der Waals surface area contributed by atoms with Gasteiger partial charge in [-0.1, -0.05) is 242 Å². The van der Waals surface area contributed by atoms with Crippen molar-refractivity contribution in [2.45, 2.75) is 283 Å². The van der Waals surface area contributed by atoms with Gasteiger partial charge in [0.05, 0.1) is 39.9 Å². The van der Waals surface area contributed by atoms with Gasteiger partial charge in [0.1, 0.15) is 13.2 Å². The molecule has 0 aliphatic rings. The first-order valence-electron chi connectivity index (χ1n) is 29.0. The molecule has 0 aliphatic heterocycles. The zero-order valence-corrected chi connectivity index (χ0v) is 46.5. The molecule has 3 unspecified atom stereocenters. The number of hydrogen-bond acceptors (Lipinski definition) is 5. The molecule has 8 nitrogen and oxygen atoms in total. The predicted molar refractivity (Wildman–Crippen MR) is 295 cm³/mol. The zero-order chi connectivity index (χ0) is 49.9. The summed E-state index contributed by atoms with van der Waals surface area (Å²) in [5.41, 5.74) is 0. The summed E-state index contributed by atoms with van der Waals surface area (Å²) >= 11 is 0. The van der Waals surface area contributed by atoms with Crippen molar-refractivity contribution < 1.29 is 32.9 Å². The fraction of sp³-hybridized carbons (Fsp3) is 0.847. The van der Waals surface area contributed by atoms with Crippen LogP contribution in [0.4, 0.5) is 0 Å². The highest BCUT2D eigenvalue weighted by molar-refractivity contribution is 7.47. The predicted octanol–water partition coefficient (Wildman–Crippen LogP) is 17.5. The zero-order valence-electron chi connectivity index (χ0n) is 45.6. The Kier molecular flexibility index (Phi) is 49.3. The maximum Gasteiger partial charge on any atom is 0.472 e. The summed E-state index contributed by atoms with van der Waals surface area (Å²) in [5, 5.41) is 13.8. The maximum absolute atomic E-state index is 12.9. The maximum atomic E-state index is 12.9. The van der Waals surface area contributed by atoms with E-state index in [0.29, 0.717) is 17.4 Å². The lowest BCUT2D eigenvalue weighted by molar-refractivity contribution is -0.870. The van der Waals surface area contributed by atoms with Crippen LogP contribution in [-0.2, 0) is 18.4 Å². The molecule has 0 heterocycles. The Bertz CT molecular complexity index is 1250. The summed E-state index contributed by atoms with van der Waals surface area (Å²) in [4.78, 5) is 23.2. The minimum atomic E-state index is -4.35. The van der Waals surface area contributed by atoms with Gasteiger partial charge in [-0.2, -0.15) is 0 Å². The van der Waals surface area contributed by atoms with E-state index in [-0.39, 0.29) is 19.1 Å².